The molecule has 3 aromatic heterocycles. The van der Waals surface area contributed by atoms with Gasteiger partial charge in [0.2, 0.25) is 11.8 Å². The molecule has 6 N–H and O–H groups in total. The Morgan fingerprint density at radius 3 is 1.52 bits per heavy atom. The first-order valence-corrected chi connectivity index (χ1v) is 21.0. The van der Waals surface area contributed by atoms with Crippen LogP contribution >= 0.6 is 0 Å². The minimum atomic E-state index is -0.831. The molecule has 2 amide bonds. The summed E-state index contributed by atoms with van der Waals surface area (Å²) < 4.78 is 1.99. The summed E-state index contributed by atoms with van der Waals surface area (Å²) in [5, 5.41) is 11.8. The van der Waals surface area contributed by atoms with Crippen molar-refractivity contribution in [1.82, 2.24) is 30.4 Å². The zero-order chi connectivity index (χ0) is 43.8. The number of rotatable bonds is 12. The predicted octanol–water partition coefficient (Wildman–Crippen LogP) is 7.99. The van der Waals surface area contributed by atoms with Crippen LogP contribution in [0.3, 0.4) is 0 Å². The van der Waals surface area contributed by atoms with Crippen molar-refractivity contribution in [3.05, 3.63) is 227 Å². The summed E-state index contributed by atoms with van der Waals surface area (Å²) in [6.07, 6.45) is 3.81. The third kappa shape index (κ3) is 9.08. The van der Waals surface area contributed by atoms with Gasteiger partial charge < -0.3 is 22.1 Å². The van der Waals surface area contributed by atoms with Crippen LogP contribution in [-0.4, -0.2) is 37.4 Å². The van der Waals surface area contributed by atoms with Gasteiger partial charge >= 0.3 is 0 Å². The Morgan fingerprint density at radius 1 is 0.619 bits per heavy atom. The van der Waals surface area contributed by atoms with E-state index in [1.807, 2.05) is 146 Å². The molecule has 0 saturated carbocycles. The van der Waals surface area contributed by atoms with Gasteiger partial charge in [0.15, 0.2) is 5.82 Å². The van der Waals surface area contributed by atoms with E-state index in [4.69, 9.17) is 16.6 Å². The summed E-state index contributed by atoms with van der Waals surface area (Å²) in [7, 11) is 0. The predicted molar refractivity (Wildman–Crippen MR) is 249 cm³/mol. The lowest BCUT2D eigenvalue weighted by atomic mass is 9.77. The van der Waals surface area contributed by atoms with Crippen molar-refractivity contribution in [3.8, 4) is 0 Å². The first kappa shape index (κ1) is 41.8. The highest BCUT2D eigenvalue weighted by atomic mass is 16.2. The molecule has 0 aliphatic carbocycles. The maximum atomic E-state index is 13.1. The van der Waals surface area contributed by atoms with E-state index in [1.54, 1.807) is 12.4 Å². The fourth-order valence-electron chi connectivity index (χ4n) is 8.16. The maximum Gasteiger partial charge on any atom is 0.226 e. The quantitative estimate of drug-likeness (QED) is 0.0906. The molecule has 1 aliphatic rings. The van der Waals surface area contributed by atoms with Gasteiger partial charge in [-0.25, -0.2) is 4.68 Å². The largest absolute Gasteiger partial charge is 0.383 e. The van der Waals surface area contributed by atoms with Gasteiger partial charge in [-0.3, -0.25) is 24.5 Å². The van der Waals surface area contributed by atoms with E-state index < -0.39 is 5.54 Å². The molecule has 4 heterocycles. The third-order valence-corrected chi connectivity index (χ3v) is 11.3. The van der Waals surface area contributed by atoms with Crippen LogP contribution in [-0.2, 0) is 34.5 Å². The number of carbonyl (C=O) groups is 2. The Kier molecular flexibility index (Phi) is 12.5. The molecule has 9 rings (SSSR count). The Bertz CT molecular complexity index is 2750. The fraction of sp³-hybridized carbons (Fsp3) is 0.154. The number of amides is 2. The van der Waals surface area contributed by atoms with E-state index in [0.717, 1.165) is 55.5 Å². The van der Waals surface area contributed by atoms with Gasteiger partial charge in [0.25, 0.3) is 0 Å². The first-order valence-electron chi connectivity index (χ1n) is 21.0. The highest BCUT2D eigenvalue weighted by Crippen LogP contribution is 2.43. The SMILES string of the molecule is C[C@@H](NC(=O)Cc1cc2c(cn1)C(N)=NC2)c1ccccc1.C[C@@H](NC(=O)Cc1cc2c(cn1)c(N)nn2C(c1ccccc1)(c1ccccc1)c1ccccc1)c1ccccc1. The van der Waals surface area contributed by atoms with E-state index in [1.165, 1.54) is 0 Å². The van der Waals surface area contributed by atoms with Gasteiger partial charge in [0, 0.05) is 18.0 Å². The number of anilines is 1. The lowest BCUT2D eigenvalue weighted by Gasteiger charge is -2.37. The summed E-state index contributed by atoms with van der Waals surface area (Å²) >= 11 is 0. The molecule has 0 fully saturated rings. The minimum Gasteiger partial charge on any atom is -0.383 e. The van der Waals surface area contributed by atoms with Crippen molar-refractivity contribution in [2.45, 2.75) is 50.9 Å². The molecular weight excluding hydrogens is 783 g/mol. The van der Waals surface area contributed by atoms with Crippen molar-refractivity contribution in [1.29, 1.82) is 0 Å². The number of benzene rings is 5. The summed E-state index contributed by atoms with van der Waals surface area (Å²) in [6.45, 7) is 4.52. The van der Waals surface area contributed by atoms with E-state index in [-0.39, 0.29) is 36.7 Å². The number of nitrogens with one attached hydrogen (secondary N) is 2. The van der Waals surface area contributed by atoms with Crippen LogP contribution in [0.15, 0.2) is 181 Å². The molecule has 0 saturated heterocycles. The Morgan fingerprint density at radius 2 is 1.05 bits per heavy atom. The molecule has 0 radical (unpaired) electrons. The number of hydrogen-bond donors (Lipinski definition) is 4. The Hall–Kier alpha value is -7.92. The number of aliphatic imine (C=N–C) groups is 1. The number of aromatic nitrogens is 4. The number of pyridine rings is 2. The van der Waals surface area contributed by atoms with Crippen molar-refractivity contribution in [2.75, 3.05) is 5.73 Å². The van der Waals surface area contributed by atoms with Gasteiger partial charge in [-0.1, -0.05) is 152 Å². The number of nitrogen functional groups attached to an aromatic ring is 1. The van der Waals surface area contributed by atoms with Crippen LogP contribution in [0.2, 0.25) is 0 Å². The van der Waals surface area contributed by atoms with Gasteiger partial charge in [-0.2, -0.15) is 5.10 Å². The van der Waals surface area contributed by atoms with Gasteiger partial charge in [-0.15, -0.1) is 0 Å². The molecule has 0 bridgehead atoms. The van der Waals surface area contributed by atoms with E-state index in [0.29, 0.717) is 23.9 Å². The fourth-order valence-corrected chi connectivity index (χ4v) is 8.16. The van der Waals surface area contributed by atoms with Crippen molar-refractivity contribution in [3.63, 3.8) is 0 Å². The number of amidine groups is 1. The number of nitrogens with zero attached hydrogens (tertiary/aromatic N) is 5. The molecule has 5 aromatic carbocycles. The van der Waals surface area contributed by atoms with Crippen LogP contribution in [0.5, 0.6) is 0 Å². The van der Waals surface area contributed by atoms with E-state index >= 15 is 0 Å². The van der Waals surface area contributed by atoms with Crippen molar-refractivity contribution >= 4 is 34.4 Å². The number of nitrogens with two attached hydrogens (primary N) is 2. The van der Waals surface area contributed by atoms with Gasteiger partial charge in [0.1, 0.15) is 11.4 Å². The molecular formula is C52H49N9O2. The maximum absolute atomic E-state index is 13.1. The summed E-state index contributed by atoms with van der Waals surface area (Å²) in [5.74, 6) is 0.757. The first-order chi connectivity index (χ1) is 30.7. The van der Waals surface area contributed by atoms with Crippen LogP contribution in [0, 0.1) is 0 Å². The summed E-state index contributed by atoms with van der Waals surface area (Å²) in [4.78, 5) is 38.3. The van der Waals surface area contributed by atoms with Crippen LogP contribution in [0.1, 0.15) is 76.3 Å². The molecule has 2 atom stereocenters. The molecule has 63 heavy (non-hydrogen) atoms. The van der Waals surface area contributed by atoms with Crippen molar-refractivity contribution in [2.24, 2.45) is 10.7 Å². The van der Waals surface area contributed by atoms with E-state index in [9.17, 15) is 9.59 Å². The number of carbonyl (C=O) groups excluding carboxylic acids is 2. The average Bonchev–Trinajstić information content (AvgIpc) is 3.86. The zero-order valence-electron chi connectivity index (χ0n) is 35.2. The summed E-state index contributed by atoms with van der Waals surface area (Å²) in [5.41, 5.74) is 20.8. The van der Waals surface area contributed by atoms with Crippen molar-refractivity contribution < 1.29 is 9.59 Å². The zero-order valence-corrected chi connectivity index (χ0v) is 35.2. The number of hydrogen-bond acceptors (Lipinski definition) is 8. The van der Waals surface area contributed by atoms with E-state index in [2.05, 4.69) is 62.0 Å². The normalized spacial score (nSPS) is 12.9. The molecule has 11 heteroatoms. The molecule has 11 nitrogen and oxygen atoms in total. The molecule has 8 aromatic rings. The third-order valence-electron chi connectivity index (χ3n) is 11.3. The topological polar surface area (TPSA) is 166 Å². The highest BCUT2D eigenvalue weighted by Gasteiger charge is 2.41. The Labute approximate surface area is 367 Å². The minimum absolute atomic E-state index is 0.0258. The smallest absolute Gasteiger partial charge is 0.226 e. The molecule has 1 aliphatic heterocycles. The second-order valence-corrected chi connectivity index (χ2v) is 15.6. The lowest BCUT2D eigenvalue weighted by molar-refractivity contribution is -0.122. The monoisotopic (exact) mass is 831 g/mol. The van der Waals surface area contributed by atoms with Crippen LogP contribution < -0.4 is 22.1 Å². The second-order valence-electron chi connectivity index (χ2n) is 15.6. The molecule has 314 valence electrons. The highest BCUT2D eigenvalue weighted by molar-refractivity contribution is 6.00. The average molecular weight is 832 g/mol. The second kappa shape index (κ2) is 18.8. The lowest BCUT2D eigenvalue weighted by Crippen LogP contribution is -2.38. The van der Waals surface area contributed by atoms with Crippen LogP contribution in [0.25, 0.3) is 10.9 Å². The molecule has 0 unspecified atom stereocenters. The Balaban J connectivity index is 0.000000208. The standard InChI is InChI=1S/C35H31N5O.C17H18N4O/c1-25(26-14-6-2-7-15-26)38-33(41)23-30-22-32-31(24-37-30)34(36)39-40(32)35(27-16-8-3-9-17-27,28-18-10-4-11-19-28)29-20-12-5-13-21-29;1-11(12-5-3-2-4-6-12)21-16(22)8-14-7-13-9-20-17(18)15(13)10-19-14/h2-22,24-25H,23H2,1H3,(H2,36,39)(H,38,41);2-7,10-11H,8-9H2,1H3,(H2,18,20)(H,21,22)/t25-;11-/m11/s1. The molecule has 0 spiro atoms. The summed E-state index contributed by atoms with van der Waals surface area (Å²) in [6, 6.07) is 54.5. The van der Waals surface area contributed by atoms with Crippen LogP contribution in [0.4, 0.5) is 5.82 Å². The van der Waals surface area contributed by atoms with Gasteiger partial charge in [0.05, 0.1) is 53.8 Å². The van der Waals surface area contributed by atoms with Gasteiger partial charge in [-0.05, 0) is 59.4 Å². The number of fused-ring (bicyclic) bond motifs is 2.